The zero-order valence-corrected chi connectivity index (χ0v) is 6.83. The van der Waals surface area contributed by atoms with Gasteiger partial charge in [0.05, 0.1) is 0 Å². The number of rotatable bonds is 2. The van der Waals surface area contributed by atoms with E-state index in [1.165, 1.54) is 4.90 Å². The van der Waals surface area contributed by atoms with Gasteiger partial charge in [-0.3, -0.25) is 14.3 Å². The molecule has 1 amide bonds. The number of carbonyl (C=O) groups is 1. The van der Waals surface area contributed by atoms with Crippen LogP contribution < -0.4 is 5.76 Å². The first-order valence-electron chi connectivity index (χ1n) is 3.46. The molecule has 0 fully saturated rings. The Morgan fingerprint density at radius 3 is 2.83 bits per heavy atom. The molecule has 1 aromatic heterocycles. The Bertz CT molecular complexity index is 327. The van der Waals surface area contributed by atoms with Gasteiger partial charge in [-0.25, -0.2) is 4.79 Å². The summed E-state index contributed by atoms with van der Waals surface area (Å²) in [6, 6.07) is 0. The summed E-state index contributed by atoms with van der Waals surface area (Å²) >= 11 is 0. The Balaban J connectivity index is 2.85. The van der Waals surface area contributed by atoms with E-state index in [4.69, 9.17) is 0 Å². The van der Waals surface area contributed by atoms with Crippen molar-refractivity contribution in [2.75, 3.05) is 13.6 Å². The Hall–Kier alpha value is -1.59. The first-order valence-corrected chi connectivity index (χ1v) is 3.46. The maximum atomic E-state index is 11.2. The van der Waals surface area contributed by atoms with Crippen LogP contribution in [0.1, 0.15) is 17.5 Å². The summed E-state index contributed by atoms with van der Waals surface area (Å²) in [6.07, 6.45) is 0. The minimum atomic E-state index is -0.720. The Morgan fingerprint density at radius 2 is 2.42 bits per heavy atom. The molecule has 1 heterocycles. The van der Waals surface area contributed by atoms with E-state index in [0.717, 1.165) is 0 Å². The van der Waals surface area contributed by atoms with Crippen molar-refractivity contribution >= 4 is 5.91 Å². The van der Waals surface area contributed by atoms with Crippen molar-refractivity contribution in [3.05, 3.63) is 16.4 Å². The smallest absolute Gasteiger partial charge is 0.339 e. The van der Waals surface area contributed by atoms with Crippen LogP contribution in [0.15, 0.2) is 9.32 Å². The molecule has 0 spiro atoms. The molecule has 0 aromatic carbocycles. The molecule has 6 nitrogen and oxygen atoms in total. The van der Waals surface area contributed by atoms with Gasteiger partial charge in [-0.15, -0.1) is 0 Å². The third-order valence-corrected chi connectivity index (χ3v) is 1.46. The Kier molecular flexibility index (Phi) is 2.27. The van der Waals surface area contributed by atoms with Crippen LogP contribution in [0.5, 0.6) is 0 Å². The van der Waals surface area contributed by atoms with Crippen LogP contribution >= 0.6 is 0 Å². The summed E-state index contributed by atoms with van der Waals surface area (Å²) in [4.78, 5) is 25.2. The summed E-state index contributed by atoms with van der Waals surface area (Å²) in [5.41, 5.74) is 0. The molecule has 0 bridgehead atoms. The number of hydrogen-bond acceptors (Lipinski definition) is 4. The minimum Gasteiger partial charge on any atom is -0.339 e. The monoisotopic (exact) mass is 171 g/mol. The first-order chi connectivity index (χ1) is 5.65. The molecule has 1 N–H and O–H groups in total. The van der Waals surface area contributed by atoms with E-state index in [1.54, 1.807) is 7.05 Å². The number of hydrogen-bond donors (Lipinski definition) is 1. The SMILES string of the molecule is CCN(C)C(=O)c1noc(=O)[nH]1. The molecular formula is C6H9N3O3. The average molecular weight is 171 g/mol. The fourth-order valence-corrected chi connectivity index (χ4v) is 0.646. The van der Waals surface area contributed by atoms with Gasteiger partial charge in [-0.1, -0.05) is 0 Å². The molecule has 1 aromatic rings. The molecule has 0 saturated carbocycles. The molecule has 1 rings (SSSR count). The fraction of sp³-hybridized carbons (Fsp3) is 0.500. The van der Waals surface area contributed by atoms with Gasteiger partial charge in [-0.2, -0.15) is 0 Å². The summed E-state index contributed by atoms with van der Waals surface area (Å²) < 4.78 is 4.17. The lowest BCUT2D eigenvalue weighted by molar-refractivity contribution is 0.0787. The highest BCUT2D eigenvalue weighted by Crippen LogP contribution is 1.92. The van der Waals surface area contributed by atoms with Crippen molar-refractivity contribution in [2.24, 2.45) is 0 Å². The highest BCUT2D eigenvalue weighted by atomic mass is 16.5. The van der Waals surface area contributed by atoms with Crippen molar-refractivity contribution in [3.8, 4) is 0 Å². The largest absolute Gasteiger partial charge is 0.439 e. The van der Waals surface area contributed by atoms with Crippen LogP contribution in [0.25, 0.3) is 0 Å². The van der Waals surface area contributed by atoms with Crippen molar-refractivity contribution in [3.63, 3.8) is 0 Å². The number of nitrogens with one attached hydrogen (secondary N) is 1. The van der Waals surface area contributed by atoms with Crippen molar-refractivity contribution in [1.29, 1.82) is 0 Å². The van der Waals surface area contributed by atoms with Crippen LogP contribution in [0.3, 0.4) is 0 Å². The molecule has 0 aliphatic heterocycles. The second-order valence-corrected chi connectivity index (χ2v) is 2.26. The maximum Gasteiger partial charge on any atom is 0.439 e. The Morgan fingerprint density at radius 1 is 1.75 bits per heavy atom. The van der Waals surface area contributed by atoms with Gasteiger partial charge in [0.25, 0.3) is 5.91 Å². The first kappa shape index (κ1) is 8.51. The van der Waals surface area contributed by atoms with Gasteiger partial charge in [0.15, 0.2) is 0 Å². The van der Waals surface area contributed by atoms with Gasteiger partial charge in [-0.05, 0) is 12.1 Å². The van der Waals surface area contributed by atoms with E-state index in [9.17, 15) is 9.59 Å². The third kappa shape index (κ3) is 1.52. The van der Waals surface area contributed by atoms with E-state index >= 15 is 0 Å². The van der Waals surface area contributed by atoms with Crippen LogP contribution in [0.2, 0.25) is 0 Å². The van der Waals surface area contributed by atoms with Crippen LogP contribution in [0, 0.1) is 0 Å². The summed E-state index contributed by atoms with van der Waals surface area (Å²) in [6.45, 7) is 2.36. The molecule has 0 unspecified atom stereocenters. The minimum absolute atomic E-state index is 0.0654. The normalized spacial score (nSPS) is 9.83. The van der Waals surface area contributed by atoms with E-state index in [2.05, 4.69) is 14.7 Å². The van der Waals surface area contributed by atoms with Crippen molar-refractivity contribution in [1.82, 2.24) is 15.0 Å². The molecule has 0 atom stereocenters. The molecule has 0 saturated heterocycles. The zero-order chi connectivity index (χ0) is 9.14. The number of carbonyl (C=O) groups excluding carboxylic acids is 1. The molecule has 0 radical (unpaired) electrons. The fourth-order valence-electron chi connectivity index (χ4n) is 0.646. The van der Waals surface area contributed by atoms with Gasteiger partial charge in [0.1, 0.15) is 0 Å². The van der Waals surface area contributed by atoms with E-state index in [1.807, 2.05) is 6.92 Å². The topological polar surface area (TPSA) is 79.2 Å². The lowest BCUT2D eigenvalue weighted by Gasteiger charge is -2.10. The van der Waals surface area contributed by atoms with Gasteiger partial charge in [0.2, 0.25) is 5.82 Å². The molecule has 0 aliphatic carbocycles. The number of nitrogens with zero attached hydrogens (tertiary/aromatic N) is 2. The van der Waals surface area contributed by atoms with Crippen molar-refractivity contribution < 1.29 is 9.32 Å². The van der Waals surface area contributed by atoms with E-state index < -0.39 is 5.76 Å². The molecule has 6 heteroatoms. The average Bonchev–Trinajstić information content (AvgIpc) is 2.49. The summed E-state index contributed by atoms with van der Waals surface area (Å²) in [5.74, 6) is -1.14. The van der Waals surface area contributed by atoms with E-state index in [-0.39, 0.29) is 11.7 Å². The number of aromatic amines is 1. The van der Waals surface area contributed by atoms with Gasteiger partial charge < -0.3 is 4.90 Å². The lowest BCUT2D eigenvalue weighted by atomic mass is 10.5. The van der Waals surface area contributed by atoms with Crippen LogP contribution in [-0.2, 0) is 0 Å². The lowest BCUT2D eigenvalue weighted by Crippen LogP contribution is -2.27. The predicted octanol–water partition coefficient (Wildman–Crippen LogP) is -0.545. The quantitative estimate of drug-likeness (QED) is 0.647. The Labute approximate surface area is 68.2 Å². The summed E-state index contributed by atoms with van der Waals surface area (Å²) in [7, 11) is 1.61. The number of aromatic nitrogens is 2. The molecule has 66 valence electrons. The van der Waals surface area contributed by atoms with Crippen molar-refractivity contribution in [2.45, 2.75) is 6.92 Å². The van der Waals surface area contributed by atoms with Gasteiger partial charge in [0, 0.05) is 13.6 Å². The third-order valence-electron chi connectivity index (χ3n) is 1.46. The highest BCUT2D eigenvalue weighted by molar-refractivity contribution is 5.89. The second-order valence-electron chi connectivity index (χ2n) is 2.26. The van der Waals surface area contributed by atoms with E-state index in [0.29, 0.717) is 6.54 Å². The molecule has 0 aliphatic rings. The summed E-state index contributed by atoms with van der Waals surface area (Å²) in [5, 5.41) is 3.25. The second kappa shape index (κ2) is 3.21. The number of H-pyrrole nitrogens is 1. The molecule has 12 heavy (non-hydrogen) atoms. The number of amides is 1. The highest BCUT2D eigenvalue weighted by Gasteiger charge is 2.14. The maximum absolute atomic E-state index is 11.2. The molecular weight excluding hydrogens is 162 g/mol. The predicted molar refractivity (Wildman–Crippen MR) is 39.8 cm³/mol. The van der Waals surface area contributed by atoms with Gasteiger partial charge >= 0.3 is 5.76 Å². The van der Waals surface area contributed by atoms with Crippen LogP contribution in [-0.4, -0.2) is 34.5 Å². The van der Waals surface area contributed by atoms with Crippen LogP contribution in [0.4, 0.5) is 0 Å². The zero-order valence-electron chi connectivity index (χ0n) is 6.83. The standard InChI is InChI=1S/C6H9N3O3/c1-3-9(2)5(10)4-7-6(11)12-8-4/h3H2,1-2H3,(H,7,8,11).